The van der Waals surface area contributed by atoms with Crippen LogP contribution in [-0.2, 0) is 11.3 Å². The molecule has 2 aromatic heterocycles. The molecule has 1 atom stereocenters. The molecule has 1 aliphatic rings. The van der Waals surface area contributed by atoms with Crippen molar-refractivity contribution in [3.05, 3.63) is 52.2 Å². The van der Waals surface area contributed by atoms with Crippen LogP contribution in [0.5, 0.6) is 0 Å². The summed E-state index contributed by atoms with van der Waals surface area (Å²) in [5.41, 5.74) is 0.715. The third-order valence-electron chi connectivity index (χ3n) is 4.86. The molecule has 8 nitrogen and oxygen atoms in total. The maximum Gasteiger partial charge on any atom is 0.350 e. The van der Waals surface area contributed by atoms with E-state index < -0.39 is 0 Å². The molecular weight excluding hydrogens is 380 g/mol. The molecule has 1 fully saturated rings. The molecule has 3 aromatic rings. The molecule has 1 N–H and O–H groups in total. The van der Waals surface area contributed by atoms with Crippen LogP contribution in [0.25, 0.3) is 5.65 Å². The fourth-order valence-corrected chi connectivity index (χ4v) is 3.64. The van der Waals surface area contributed by atoms with Gasteiger partial charge in [0.2, 0.25) is 11.6 Å². The summed E-state index contributed by atoms with van der Waals surface area (Å²) in [6.45, 7) is 3.79. The summed E-state index contributed by atoms with van der Waals surface area (Å²) >= 11 is 5.85. The molecule has 0 saturated carbocycles. The smallest absolute Gasteiger partial charge is 0.350 e. The second kappa shape index (κ2) is 7.63. The quantitative estimate of drug-likeness (QED) is 0.727. The summed E-state index contributed by atoms with van der Waals surface area (Å²) in [6, 6.07) is 6.77. The van der Waals surface area contributed by atoms with E-state index in [9.17, 15) is 9.59 Å². The number of nitrogens with zero attached hydrogens (tertiary/aromatic N) is 5. The van der Waals surface area contributed by atoms with E-state index in [2.05, 4.69) is 27.2 Å². The van der Waals surface area contributed by atoms with Crippen molar-refractivity contribution in [3.63, 3.8) is 0 Å². The molecule has 1 unspecified atom stereocenters. The van der Waals surface area contributed by atoms with Crippen LogP contribution in [0.15, 0.2) is 41.5 Å². The van der Waals surface area contributed by atoms with Crippen molar-refractivity contribution in [2.75, 3.05) is 23.3 Å². The van der Waals surface area contributed by atoms with Crippen molar-refractivity contribution in [3.8, 4) is 0 Å². The molecule has 0 bridgehead atoms. The van der Waals surface area contributed by atoms with Gasteiger partial charge in [0.25, 0.3) is 0 Å². The van der Waals surface area contributed by atoms with Gasteiger partial charge in [-0.3, -0.25) is 4.79 Å². The Morgan fingerprint density at radius 1 is 1.32 bits per heavy atom. The van der Waals surface area contributed by atoms with Crippen molar-refractivity contribution < 1.29 is 4.79 Å². The maximum absolute atomic E-state index is 12.7. The molecule has 3 heterocycles. The van der Waals surface area contributed by atoms with Gasteiger partial charge in [-0.05, 0) is 43.0 Å². The fourth-order valence-electron chi connectivity index (χ4n) is 3.51. The number of aromatic nitrogens is 4. The molecular formula is C19H21ClN6O2. The Bertz CT molecular complexity index is 1060. The zero-order valence-electron chi connectivity index (χ0n) is 15.5. The number of hydrogen-bond donors (Lipinski definition) is 1. The maximum atomic E-state index is 12.7. The van der Waals surface area contributed by atoms with E-state index in [1.165, 1.54) is 15.5 Å². The molecule has 4 rings (SSSR count). The lowest BCUT2D eigenvalue weighted by molar-refractivity contribution is -0.117. The van der Waals surface area contributed by atoms with Gasteiger partial charge < -0.3 is 10.2 Å². The van der Waals surface area contributed by atoms with Crippen molar-refractivity contribution in [1.82, 2.24) is 19.2 Å². The minimum Gasteiger partial charge on any atom is -0.353 e. The number of piperidine rings is 1. The first kappa shape index (κ1) is 18.5. The highest BCUT2D eigenvalue weighted by Crippen LogP contribution is 2.23. The number of halogens is 1. The standard InChI is InChI=1S/C19H21ClN6O2/c1-13-3-2-9-24(11-13)17-18-23-26(19(28)25(18)10-8-21-17)12-16(27)22-15-6-4-14(20)5-7-15/h4-8,10,13H,2-3,9,11-12H2,1H3,(H,22,27). The third kappa shape index (κ3) is 3.73. The van der Waals surface area contributed by atoms with E-state index in [0.717, 1.165) is 19.5 Å². The van der Waals surface area contributed by atoms with Crippen LogP contribution in [0.4, 0.5) is 11.5 Å². The van der Waals surface area contributed by atoms with E-state index in [0.29, 0.717) is 28.1 Å². The Labute approximate surface area is 166 Å². The van der Waals surface area contributed by atoms with Crippen LogP contribution in [0.3, 0.4) is 0 Å². The van der Waals surface area contributed by atoms with Crippen LogP contribution in [-0.4, -0.2) is 38.2 Å². The summed E-state index contributed by atoms with van der Waals surface area (Å²) in [7, 11) is 0. The minimum atomic E-state index is -0.366. The van der Waals surface area contributed by atoms with Crippen LogP contribution in [0, 0.1) is 5.92 Å². The summed E-state index contributed by atoms with van der Waals surface area (Å²) < 4.78 is 2.61. The summed E-state index contributed by atoms with van der Waals surface area (Å²) in [5, 5.41) is 7.71. The third-order valence-corrected chi connectivity index (χ3v) is 5.11. The van der Waals surface area contributed by atoms with E-state index >= 15 is 0 Å². The van der Waals surface area contributed by atoms with Crippen molar-refractivity contribution in [1.29, 1.82) is 0 Å². The van der Waals surface area contributed by atoms with Crippen LogP contribution in [0.1, 0.15) is 19.8 Å². The number of anilines is 2. The Balaban J connectivity index is 1.59. The SMILES string of the molecule is CC1CCCN(c2nccn3c(=O)n(CC(=O)Nc4ccc(Cl)cc4)nc23)C1. The first-order valence-electron chi connectivity index (χ1n) is 9.26. The van der Waals surface area contributed by atoms with E-state index in [1.54, 1.807) is 36.7 Å². The number of carbonyl (C=O) groups is 1. The van der Waals surface area contributed by atoms with E-state index in [-0.39, 0.29) is 18.1 Å². The number of rotatable bonds is 4. The van der Waals surface area contributed by atoms with Gasteiger partial charge in [-0.15, -0.1) is 5.10 Å². The second-order valence-corrected chi connectivity index (χ2v) is 7.57. The first-order valence-corrected chi connectivity index (χ1v) is 9.63. The van der Waals surface area contributed by atoms with Crippen molar-refractivity contribution >= 4 is 34.7 Å². The fraction of sp³-hybridized carbons (Fsp3) is 0.368. The van der Waals surface area contributed by atoms with Gasteiger partial charge in [0, 0.05) is 36.2 Å². The molecule has 146 valence electrons. The zero-order chi connectivity index (χ0) is 19.7. The molecule has 1 aliphatic heterocycles. The number of fused-ring (bicyclic) bond motifs is 1. The minimum absolute atomic E-state index is 0.182. The van der Waals surface area contributed by atoms with Gasteiger partial charge in [0.05, 0.1) is 0 Å². The predicted octanol–water partition coefficient (Wildman–Crippen LogP) is 2.42. The largest absolute Gasteiger partial charge is 0.353 e. The van der Waals surface area contributed by atoms with Crippen LogP contribution >= 0.6 is 11.6 Å². The van der Waals surface area contributed by atoms with Gasteiger partial charge in [0.15, 0.2) is 5.82 Å². The molecule has 9 heteroatoms. The second-order valence-electron chi connectivity index (χ2n) is 7.13. The van der Waals surface area contributed by atoms with Gasteiger partial charge in [-0.25, -0.2) is 18.9 Å². The van der Waals surface area contributed by atoms with E-state index in [1.807, 2.05) is 0 Å². The topological polar surface area (TPSA) is 84.5 Å². The molecule has 28 heavy (non-hydrogen) atoms. The summed E-state index contributed by atoms with van der Waals surface area (Å²) in [6.07, 6.45) is 5.45. The van der Waals surface area contributed by atoms with Crippen LogP contribution in [0.2, 0.25) is 5.02 Å². The summed E-state index contributed by atoms with van der Waals surface area (Å²) in [4.78, 5) is 31.6. The Morgan fingerprint density at radius 2 is 2.11 bits per heavy atom. The Kier molecular flexibility index (Phi) is 5.04. The monoisotopic (exact) mass is 400 g/mol. The lowest BCUT2D eigenvalue weighted by Gasteiger charge is -2.31. The lowest BCUT2D eigenvalue weighted by atomic mass is 10.0. The number of hydrogen-bond acceptors (Lipinski definition) is 5. The lowest BCUT2D eigenvalue weighted by Crippen LogP contribution is -2.35. The van der Waals surface area contributed by atoms with Crippen LogP contribution < -0.4 is 15.9 Å². The highest BCUT2D eigenvalue weighted by molar-refractivity contribution is 6.30. The Hall–Kier alpha value is -2.87. The number of nitrogens with one attached hydrogen (secondary N) is 1. The first-order chi connectivity index (χ1) is 13.5. The number of benzene rings is 1. The molecule has 0 aliphatic carbocycles. The van der Waals surface area contributed by atoms with Crippen molar-refractivity contribution in [2.45, 2.75) is 26.3 Å². The van der Waals surface area contributed by atoms with Gasteiger partial charge >= 0.3 is 5.69 Å². The Morgan fingerprint density at radius 3 is 2.86 bits per heavy atom. The van der Waals surface area contributed by atoms with Crippen molar-refractivity contribution in [2.24, 2.45) is 5.92 Å². The highest BCUT2D eigenvalue weighted by atomic mass is 35.5. The average molecular weight is 401 g/mol. The summed E-state index contributed by atoms with van der Waals surface area (Å²) in [5.74, 6) is 0.909. The highest BCUT2D eigenvalue weighted by Gasteiger charge is 2.22. The zero-order valence-corrected chi connectivity index (χ0v) is 16.3. The van der Waals surface area contributed by atoms with Gasteiger partial charge in [-0.2, -0.15) is 0 Å². The van der Waals surface area contributed by atoms with E-state index in [4.69, 9.17) is 11.6 Å². The normalized spacial score (nSPS) is 17.1. The molecule has 0 spiro atoms. The average Bonchev–Trinajstić information content (AvgIpc) is 2.99. The molecule has 1 amide bonds. The van der Waals surface area contributed by atoms with Gasteiger partial charge in [0.1, 0.15) is 6.54 Å². The number of amides is 1. The number of carbonyl (C=O) groups excluding carboxylic acids is 1. The molecule has 1 saturated heterocycles. The molecule has 0 radical (unpaired) electrons. The predicted molar refractivity (Wildman–Crippen MR) is 108 cm³/mol. The van der Waals surface area contributed by atoms with Gasteiger partial charge in [-0.1, -0.05) is 18.5 Å². The molecule has 1 aromatic carbocycles.